The fraction of sp³-hybridized carbons (Fsp3) is 0.625. The van der Waals surface area contributed by atoms with Crippen LogP contribution in [0.25, 0.3) is 0 Å². The Bertz CT molecular complexity index is 843. The maximum absolute atomic E-state index is 13.6. The van der Waals surface area contributed by atoms with Gasteiger partial charge in [0, 0.05) is 12.1 Å². The third-order valence-electron chi connectivity index (χ3n) is 5.05. The highest BCUT2D eigenvalue weighted by atomic mass is 16.6. The molecule has 0 radical (unpaired) electrons. The molecule has 3 N–H and O–H groups in total. The summed E-state index contributed by atoms with van der Waals surface area (Å²) in [6.07, 6.45) is 0.717. The molecule has 0 saturated heterocycles. The number of alkyl carbamates (subject to hydrolysis) is 1. The molecule has 2 rings (SSSR count). The summed E-state index contributed by atoms with van der Waals surface area (Å²) in [7, 11) is 0. The molecular weight excluding hydrogens is 410 g/mol. The Labute approximate surface area is 190 Å². The first kappa shape index (κ1) is 25.6. The van der Waals surface area contributed by atoms with Crippen molar-refractivity contribution in [2.24, 2.45) is 0 Å². The van der Waals surface area contributed by atoms with Crippen LogP contribution < -0.4 is 10.6 Å². The van der Waals surface area contributed by atoms with Crippen LogP contribution in [0, 0.1) is 13.8 Å². The first-order valence-electron chi connectivity index (χ1n) is 11.1. The molecule has 8 heteroatoms. The van der Waals surface area contributed by atoms with Gasteiger partial charge in [-0.1, -0.05) is 23.8 Å². The lowest BCUT2D eigenvalue weighted by molar-refractivity contribution is -0.144. The van der Waals surface area contributed by atoms with Gasteiger partial charge in [-0.05, 0) is 72.4 Å². The summed E-state index contributed by atoms with van der Waals surface area (Å²) >= 11 is 0. The van der Waals surface area contributed by atoms with Gasteiger partial charge >= 0.3 is 6.09 Å². The Hall–Kier alpha value is -2.61. The molecule has 1 aliphatic rings. The summed E-state index contributed by atoms with van der Waals surface area (Å²) < 4.78 is 5.24. The van der Waals surface area contributed by atoms with Crippen LogP contribution >= 0.6 is 0 Å². The summed E-state index contributed by atoms with van der Waals surface area (Å²) in [6, 6.07) is 3.47. The molecular formula is C24H37N3O5. The number of ether oxygens (including phenoxy) is 1. The molecule has 1 aromatic rings. The second-order valence-corrected chi connectivity index (χ2v) is 9.78. The first-order valence-corrected chi connectivity index (χ1v) is 11.1. The molecule has 1 saturated carbocycles. The van der Waals surface area contributed by atoms with Gasteiger partial charge in [0.05, 0.1) is 6.61 Å². The van der Waals surface area contributed by atoms with Crippen molar-refractivity contribution in [3.05, 3.63) is 34.9 Å². The Morgan fingerprint density at radius 1 is 1.16 bits per heavy atom. The molecule has 1 aromatic carbocycles. The molecule has 32 heavy (non-hydrogen) atoms. The minimum Gasteiger partial charge on any atom is -0.444 e. The maximum Gasteiger partial charge on any atom is 0.408 e. The SMILES string of the molecule is Cc1ccc(C)c(C(C(=O)NC(C)C)N(C(=O)C(CO)NC(=O)OC(C)(C)C)C2CC2)c1. The molecule has 0 bridgehead atoms. The molecule has 178 valence electrons. The van der Waals surface area contributed by atoms with Crippen molar-refractivity contribution < 1.29 is 24.2 Å². The predicted molar refractivity (Wildman–Crippen MR) is 122 cm³/mol. The maximum atomic E-state index is 13.6. The third kappa shape index (κ3) is 6.95. The molecule has 2 atom stereocenters. The number of aliphatic hydroxyl groups is 1. The summed E-state index contributed by atoms with van der Waals surface area (Å²) in [5.41, 5.74) is 1.85. The molecule has 0 aromatic heterocycles. The topological polar surface area (TPSA) is 108 Å². The van der Waals surface area contributed by atoms with Gasteiger partial charge < -0.3 is 25.4 Å². The van der Waals surface area contributed by atoms with E-state index in [1.165, 1.54) is 4.90 Å². The van der Waals surface area contributed by atoms with Crippen LogP contribution in [0.4, 0.5) is 4.79 Å². The van der Waals surface area contributed by atoms with Crippen molar-refractivity contribution in [1.29, 1.82) is 0 Å². The summed E-state index contributed by atoms with van der Waals surface area (Å²) in [5, 5.41) is 15.3. The highest BCUT2D eigenvalue weighted by Gasteiger charge is 2.44. The van der Waals surface area contributed by atoms with E-state index in [4.69, 9.17) is 4.74 Å². The Kier molecular flexibility index (Phi) is 8.29. The van der Waals surface area contributed by atoms with Gasteiger partial charge in [0.25, 0.3) is 0 Å². The highest BCUT2D eigenvalue weighted by Crippen LogP contribution is 2.37. The van der Waals surface area contributed by atoms with Gasteiger partial charge in [0.1, 0.15) is 17.7 Å². The van der Waals surface area contributed by atoms with Crippen LogP contribution in [-0.2, 0) is 14.3 Å². The van der Waals surface area contributed by atoms with Crippen LogP contribution in [0.3, 0.4) is 0 Å². The third-order valence-corrected chi connectivity index (χ3v) is 5.05. The zero-order valence-electron chi connectivity index (χ0n) is 20.2. The Morgan fingerprint density at radius 3 is 2.28 bits per heavy atom. The monoisotopic (exact) mass is 447 g/mol. The van der Waals surface area contributed by atoms with Crippen LogP contribution in [-0.4, -0.2) is 58.2 Å². The van der Waals surface area contributed by atoms with Gasteiger partial charge in [-0.2, -0.15) is 0 Å². The average molecular weight is 448 g/mol. The van der Waals surface area contributed by atoms with Gasteiger partial charge in [0.2, 0.25) is 11.8 Å². The second-order valence-electron chi connectivity index (χ2n) is 9.78. The van der Waals surface area contributed by atoms with Gasteiger partial charge in [0.15, 0.2) is 0 Å². The zero-order valence-corrected chi connectivity index (χ0v) is 20.2. The van der Waals surface area contributed by atoms with E-state index >= 15 is 0 Å². The van der Waals surface area contributed by atoms with E-state index in [1.54, 1.807) is 20.8 Å². The van der Waals surface area contributed by atoms with Gasteiger partial charge in [-0.3, -0.25) is 9.59 Å². The normalized spacial score (nSPS) is 15.7. The Balaban J connectivity index is 2.43. The molecule has 1 fully saturated rings. The van der Waals surface area contributed by atoms with Crippen LogP contribution in [0.2, 0.25) is 0 Å². The largest absolute Gasteiger partial charge is 0.444 e. The van der Waals surface area contributed by atoms with E-state index in [-0.39, 0.29) is 18.0 Å². The van der Waals surface area contributed by atoms with E-state index in [0.717, 1.165) is 29.5 Å². The first-order chi connectivity index (χ1) is 14.8. The summed E-state index contributed by atoms with van der Waals surface area (Å²) in [4.78, 5) is 40.7. The average Bonchev–Trinajstić information content (AvgIpc) is 3.48. The number of carbonyl (C=O) groups is 3. The quantitative estimate of drug-likeness (QED) is 0.568. The van der Waals surface area contributed by atoms with Crippen molar-refractivity contribution in [2.75, 3.05) is 6.61 Å². The number of rotatable bonds is 8. The van der Waals surface area contributed by atoms with E-state index < -0.39 is 36.3 Å². The van der Waals surface area contributed by atoms with E-state index in [2.05, 4.69) is 10.6 Å². The molecule has 0 spiro atoms. The fourth-order valence-corrected chi connectivity index (χ4v) is 3.52. The number of hydrogen-bond acceptors (Lipinski definition) is 5. The van der Waals surface area contributed by atoms with Crippen LogP contribution in [0.1, 0.15) is 70.2 Å². The van der Waals surface area contributed by atoms with Crippen molar-refractivity contribution in [2.45, 2.75) is 91.1 Å². The Morgan fingerprint density at radius 2 is 1.78 bits per heavy atom. The van der Waals surface area contributed by atoms with Gasteiger partial charge in [-0.15, -0.1) is 0 Å². The lowest BCUT2D eigenvalue weighted by Crippen LogP contribution is -2.55. The van der Waals surface area contributed by atoms with Crippen molar-refractivity contribution >= 4 is 17.9 Å². The number of benzene rings is 1. The number of carbonyl (C=O) groups excluding carboxylic acids is 3. The minimum absolute atomic E-state index is 0.111. The number of aliphatic hydroxyl groups excluding tert-OH is 1. The second kappa shape index (κ2) is 10.3. The van der Waals surface area contributed by atoms with E-state index in [0.29, 0.717) is 0 Å². The standard InChI is InChI=1S/C24H37N3O5/c1-14(2)25-21(29)20(18-12-15(3)8-9-16(18)4)27(17-10-11-17)22(30)19(13-28)26-23(31)32-24(5,6)7/h8-9,12,14,17,19-20,28H,10-11,13H2,1-7H3,(H,25,29)(H,26,31). The summed E-state index contributed by atoms with van der Waals surface area (Å²) in [5.74, 6) is -0.798. The van der Waals surface area contributed by atoms with Crippen LogP contribution in [0.15, 0.2) is 18.2 Å². The lowest BCUT2D eigenvalue weighted by Gasteiger charge is -2.35. The number of aryl methyl sites for hydroxylation is 2. The van der Waals surface area contributed by atoms with Crippen LogP contribution in [0.5, 0.6) is 0 Å². The number of nitrogens with one attached hydrogen (secondary N) is 2. The number of hydrogen-bond donors (Lipinski definition) is 3. The fourth-order valence-electron chi connectivity index (χ4n) is 3.52. The molecule has 2 unspecified atom stereocenters. The molecule has 0 heterocycles. The zero-order chi connectivity index (χ0) is 24.2. The summed E-state index contributed by atoms with van der Waals surface area (Å²) in [6.45, 7) is 12.1. The molecule has 3 amide bonds. The van der Waals surface area contributed by atoms with E-state index in [1.807, 2.05) is 45.9 Å². The minimum atomic E-state index is -1.22. The van der Waals surface area contributed by atoms with Crippen molar-refractivity contribution in [3.8, 4) is 0 Å². The van der Waals surface area contributed by atoms with Crippen molar-refractivity contribution in [3.63, 3.8) is 0 Å². The predicted octanol–water partition coefficient (Wildman–Crippen LogP) is 2.75. The highest BCUT2D eigenvalue weighted by molar-refractivity contribution is 5.93. The number of amides is 3. The lowest BCUT2D eigenvalue weighted by atomic mass is 9.96. The van der Waals surface area contributed by atoms with E-state index in [9.17, 15) is 19.5 Å². The molecule has 1 aliphatic carbocycles. The molecule has 0 aliphatic heterocycles. The van der Waals surface area contributed by atoms with Gasteiger partial charge in [-0.25, -0.2) is 4.79 Å². The number of nitrogens with zero attached hydrogens (tertiary/aromatic N) is 1. The molecule has 8 nitrogen and oxygen atoms in total. The smallest absolute Gasteiger partial charge is 0.408 e. The van der Waals surface area contributed by atoms with Crippen molar-refractivity contribution in [1.82, 2.24) is 15.5 Å².